The monoisotopic (exact) mass is 138 g/mol. The summed E-state index contributed by atoms with van der Waals surface area (Å²) >= 11 is 0. The number of halogens is 1. The van der Waals surface area contributed by atoms with E-state index in [1.165, 1.54) is 6.26 Å². The summed E-state index contributed by atoms with van der Waals surface area (Å²) in [5.41, 5.74) is 0. The van der Waals surface area contributed by atoms with Crippen molar-refractivity contribution in [3.05, 3.63) is 0 Å². The molecule has 0 rings (SSSR count). The zero-order valence-electron chi connectivity index (χ0n) is 4.52. The Hall–Kier alpha value is -0.250. The molecular formula is C4H7FO2S. The normalized spacial score (nSPS) is 13.2. The number of carbonyl (C=O) groups is 1. The van der Waals surface area contributed by atoms with E-state index in [0.717, 1.165) is 0 Å². The van der Waals surface area contributed by atoms with Crippen LogP contribution in [0.5, 0.6) is 0 Å². The van der Waals surface area contributed by atoms with Gasteiger partial charge in [-0.25, -0.2) is 4.39 Å². The number of carbonyl (C=O) groups excluding carboxylic acids is 1. The van der Waals surface area contributed by atoms with Crippen LogP contribution in [-0.2, 0) is 15.6 Å². The van der Waals surface area contributed by atoms with Crippen molar-refractivity contribution >= 4 is 16.6 Å². The highest BCUT2D eigenvalue weighted by Crippen LogP contribution is 1.78. The highest BCUT2D eigenvalue weighted by Gasteiger charge is 2.00. The van der Waals surface area contributed by atoms with Crippen molar-refractivity contribution in [3.63, 3.8) is 0 Å². The van der Waals surface area contributed by atoms with Gasteiger partial charge < -0.3 is 0 Å². The molecule has 1 atom stereocenters. The largest absolute Gasteiger partial charge is 0.296 e. The Kier molecular flexibility index (Phi) is 3.60. The maximum absolute atomic E-state index is 11.3. The molecule has 0 fully saturated rings. The zero-order chi connectivity index (χ0) is 6.57. The summed E-state index contributed by atoms with van der Waals surface area (Å²) in [7, 11) is -1.19. The minimum atomic E-state index is -1.19. The molecule has 0 bridgehead atoms. The van der Waals surface area contributed by atoms with Crippen LogP contribution < -0.4 is 0 Å². The first-order valence-electron chi connectivity index (χ1n) is 2.04. The molecule has 8 heavy (non-hydrogen) atoms. The lowest BCUT2D eigenvalue weighted by atomic mass is 10.5. The van der Waals surface area contributed by atoms with Crippen molar-refractivity contribution in [1.29, 1.82) is 0 Å². The van der Waals surface area contributed by atoms with Crippen LogP contribution in [0.25, 0.3) is 0 Å². The lowest BCUT2D eigenvalue weighted by molar-refractivity contribution is -0.117. The number of ketones is 1. The number of hydrogen-bond donors (Lipinski definition) is 0. The van der Waals surface area contributed by atoms with E-state index >= 15 is 0 Å². The molecule has 0 spiro atoms. The van der Waals surface area contributed by atoms with Crippen molar-refractivity contribution < 1.29 is 13.4 Å². The molecule has 0 N–H and O–H groups in total. The van der Waals surface area contributed by atoms with E-state index in [1.54, 1.807) is 0 Å². The first-order valence-corrected chi connectivity index (χ1v) is 3.77. The molecule has 0 aliphatic rings. The molecule has 0 aliphatic heterocycles. The van der Waals surface area contributed by atoms with Gasteiger partial charge in [-0.15, -0.1) is 0 Å². The number of Topliss-reactive ketones (excluding diaryl/α,β-unsaturated/α-hetero) is 1. The Balaban J connectivity index is 3.40. The summed E-state index contributed by atoms with van der Waals surface area (Å²) in [4.78, 5) is 10.1. The van der Waals surface area contributed by atoms with Crippen LogP contribution in [0.3, 0.4) is 0 Å². The molecule has 1 unspecified atom stereocenters. The van der Waals surface area contributed by atoms with Gasteiger partial charge in [-0.3, -0.25) is 9.00 Å². The fraction of sp³-hybridized carbons (Fsp3) is 0.750. The summed E-state index contributed by atoms with van der Waals surface area (Å²) in [5.74, 6) is -0.748. The smallest absolute Gasteiger partial charge is 0.176 e. The SMILES string of the molecule is CS(=O)CC(=O)CF. The Bertz CT molecular complexity index is 113. The predicted molar refractivity (Wildman–Crippen MR) is 29.9 cm³/mol. The van der Waals surface area contributed by atoms with Crippen molar-refractivity contribution in [1.82, 2.24) is 0 Å². The zero-order valence-corrected chi connectivity index (χ0v) is 5.33. The van der Waals surface area contributed by atoms with E-state index in [1.807, 2.05) is 0 Å². The fourth-order valence-electron chi connectivity index (χ4n) is 0.265. The van der Waals surface area contributed by atoms with Gasteiger partial charge in [0.15, 0.2) is 5.78 Å². The first-order chi connectivity index (χ1) is 3.66. The summed E-state index contributed by atoms with van der Waals surface area (Å²) < 4.78 is 21.4. The topological polar surface area (TPSA) is 34.1 Å². The lowest BCUT2D eigenvalue weighted by Crippen LogP contribution is -2.10. The van der Waals surface area contributed by atoms with Crippen molar-refractivity contribution in [3.8, 4) is 0 Å². The van der Waals surface area contributed by atoms with Gasteiger partial charge in [0.1, 0.15) is 6.67 Å². The molecule has 0 heterocycles. The quantitative estimate of drug-likeness (QED) is 0.546. The molecule has 0 amide bonds. The number of hydrogen-bond acceptors (Lipinski definition) is 2. The first kappa shape index (κ1) is 7.75. The Labute approximate surface area is 49.5 Å². The van der Waals surface area contributed by atoms with Gasteiger partial charge in [0.25, 0.3) is 0 Å². The second kappa shape index (κ2) is 3.72. The lowest BCUT2D eigenvalue weighted by Gasteiger charge is -1.86. The Morgan fingerprint density at radius 3 is 2.38 bits per heavy atom. The summed E-state index contributed by atoms with van der Waals surface area (Å²) in [5, 5.41) is 0. The predicted octanol–water partition coefficient (Wildman–Crippen LogP) is -0.0965. The maximum atomic E-state index is 11.3. The van der Waals surface area contributed by atoms with Crippen LogP contribution in [0.1, 0.15) is 0 Å². The average molecular weight is 138 g/mol. The summed E-state index contributed by atoms with van der Waals surface area (Å²) in [6.45, 7) is -1.00. The fourth-order valence-corrected chi connectivity index (χ4v) is 0.796. The summed E-state index contributed by atoms with van der Waals surface area (Å²) in [6, 6.07) is 0. The van der Waals surface area contributed by atoms with Gasteiger partial charge in [-0.05, 0) is 0 Å². The van der Waals surface area contributed by atoms with Gasteiger partial charge in [0, 0.05) is 17.1 Å². The molecule has 0 aromatic rings. The molecule has 4 heteroatoms. The van der Waals surface area contributed by atoms with Gasteiger partial charge in [-0.1, -0.05) is 0 Å². The molecule has 0 radical (unpaired) electrons. The van der Waals surface area contributed by atoms with Gasteiger partial charge in [0.05, 0.1) is 5.75 Å². The minimum Gasteiger partial charge on any atom is -0.296 e. The van der Waals surface area contributed by atoms with Gasteiger partial charge in [-0.2, -0.15) is 0 Å². The molecule has 0 aliphatic carbocycles. The van der Waals surface area contributed by atoms with Crippen molar-refractivity contribution in [2.24, 2.45) is 0 Å². The van der Waals surface area contributed by atoms with Crippen LogP contribution in [-0.4, -0.2) is 28.7 Å². The van der Waals surface area contributed by atoms with Gasteiger partial charge in [0.2, 0.25) is 0 Å². The second-order valence-corrected chi connectivity index (χ2v) is 2.82. The van der Waals surface area contributed by atoms with Crippen LogP contribution in [0.2, 0.25) is 0 Å². The molecule has 0 saturated heterocycles. The third-order valence-electron chi connectivity index (χ3n) is 0.513. The van der Waals surface area contributed by atoms with Crippen molar-refractivity contribution in [2.75, 3.05) is 18.7 Å². The van der Waals surface area contributed by atoms with E-state index < -0.39 is 23.3 Å². The number of alkyl halides is 1. The molecule has 0 saturated carbocycles. The van der Waals surface area contributed by atoms with Crippen LogP contribution in [0, 0.1) is 0 Å². The minimum absolute atomic E-state index is 0.156. The highest BCUT2D eigenvalue weighted by atomic mass is 32.2. The van der Waals surface area contributed by atoms with Crippen LogP contribution >= 0.6 is 0 Å². The third kappa shape index (κ3) is 3.92. The average Bonchev–Trinajstić information content (AvgIpc) is 1.65. The Morgan fingerprint density at radius 2 is 2.25 bits per heavy atom. The Morgan fingerprint density at radius 1 is 1.75 bits per heavy atom. The molecule has 0 aromatic carbocycles. The number of rotatable bonds is 3. The second-order valence-electron chi connectivity index (χ2n) is 1.39. The molecule has 48 valence electrons. The van der Waals surface area contributed by atoms with E-state index in [0.29, 0.717) is 0 Å². The van der Waals surface area contributed by atoms with E-state index in [-0.39, 0.29) is 5.75 Å². The highest BCUT2D eigenvalue weighted by molar-refractivity contribution is 7.85. The van der Waals surface area contributed by atoms with Crippen LogP contribution in [0.4, 0.5) is 4.39 Å². The molecular weight excluding hydrogens is 131 g/mol. The maximum Gasteiger partial charge on any atom is 0.176 e. The van der Waals surface area contributed by atoms with E-state index in [2.05, 4.69) is 0 Å². The molecule has 2 nitrogen and oxygen atoms in total. The third-order valence-corrected chi connectivity index (χ3v) is 1.24. The van der Waals surface area contributed by atoms with E-state index in [9.17, 15) is 13.4 Å². The van der Waals surface area contributed by atoms with E-state index in [4.69, 9.17) is 0 Å². The summed E-state index contributed by atoms with van der Waals surface area (Å²) in [6.07, 6.45) is 1.37. The molecule has 0 aromatic heterocycles. The van der Waals surface area contributed by atoms with Crippen LogP contribution in [0.15, 0.2) is 0 Å². The van der Waals surface area contributed by atoms with Crippen molar-refractivity contribution in [2.45, 2.75) is 0 Å². The van der Waals surface area contributed by atoms with Gasteiger partial charge >= 0.3 is 0 Å². The standard InChI is InChI=1S/C4H7FO2S/c1-8(7)3-4(6)2-5/h2-3H2,1H3.